The van der Waals surface area contributed by atoms with Crippen LogP contribution in [0.1, 0.15) is 73.1 Å². The smallest absolute Gasteiger partial charge is 0.425 e. The van der Waals surface area contributed by atoms with Gasteiger partial charge in [-0.3, -0.25) is 0 Å². The van der Waals surface area contributed by atoms with Crippen molar-refractivity contribution in [3.8, 4) is 0 Å². The van der Waals surface area contributed by atoms with Crippen LogP contribution in [0, 0.1) is 5.92 Å². The van der Waals surface area contributed by atoms with E-state index < -0.39 is 11.7 Å². The molecule has 2 N–H and O–H groups in total. The number of nitrogens with two attached hydrogens (primary N) is 1. The Labute approximate surface area is 117 Å². The molecule has 0 spiro atoms. The Hall–Kier alpha value is -0.770. The first-order valence-electron chi connectivity index (χ1n) is 7.40. The van der Waals surface area contributed by atoms with Crippen LogP contribution < -0.4 is 5.84 Å². The van der Waals surface area contributed by atoms with Gasteiger partial charge in [0.15, 0.2) is 0 Å². The van der Waals surface area contributed by atoms with E-state index in [9.17, 15) is 4.79 Å². The predicted octanol–water partition coefficient (Wildman–Crippen LogP) is 3.85. The van der Waals surface area contributed by atoms with Crippen LogP contribution in [0.5, 0.6) is 0 Å². The van der Waals surface area contributed by atoms with Crippen molar-refractivity contribution in [3.05, 3.63) is 0 Å². The fourth-order valence-electron chi connectivity index (χ4n) is 2.75. The molecule has 0 saturated heterocycles. The van der Waals surface area contributed by atoms with E-state index in [4.69, 9.17) is 10.6 Å². The van der Waals surface area contributed by atoms with Crippen LogP contribution in [-0.2, 0) is 4.74 Å². The molecular formula is C15H30N2O2. The quantitative estimate of drug-likeness (QED) is 0.481. The van der Waals surface area contributed by atoms with Gasteiger partial charge in [-0.1, -0.05) is 32.1 Å². The highest BCUT2D eigenvalue weighted by Gasteiger charge is 2.34. The van der Waals surface area contributed by atoms with E-state index in [-0.39, 0.29) is 5.54 Å². The normalized spacial score (nSPS) is 18.2. The summed E-state index contributed by atoms with van der Waals surface area (Å²) in [6.07, 6.45) is 6.97. The molecule has 19 heavy (non-hydrogen) atoms. The molecule has 1 aliphatic carbocycles. The number of hydrogen-bond acceptors (Lipinski definition) is 3. The number of hydrogen-bond donors (Lipinski definition) is 1. The first kappa shape index (κ1) is 16.3. The minimum absolute atomic E-state index is 0.357. The van der Waals surface area contributed by atoms with Crippen molar-refractivity contribution in [3.63, 3.8) is 0 Å². The van der Waals surface area contributed by atoms with Crippen molar-refractivity contribution in [2.45, 2.75) is 84.3 Å². The van der Waals surface area contributed by atoms with E-state index in [1.54, 1.807) is 0 Å². The molecule has 1 amide bonds. The molecule has 4 nitrogen and oxygen atoms in total. The molecule has 4 heteroatoms. The van der Waals surface area contributed by atoms with Gasteiger partial charge < -0.3 is 4.74 Å². The summed E-state index contributed by atoms with van der Waals surface area (Å²) in [6.45, 7) is 9.60. The Morgan fingerprint density at radius 3 is 2.16 bits per heavy atom. The van der Waals surface area contributed by atoms with Crippen molar-refractivity contribution in [1.29, 1.82) is 0 Å². The summed E-state index contributed by atoms with van der Waals surface area (Å²) in [5, 5.41) is 1.27. The highest BCUT2D eigenvalue weighted by molar-refractivity contribution is 5.68. The molecule has 0 radical (unpaired) electrons. The molecule has 0 aromatic heterocycles. The molecule has 1 fully saturated rings. The molecule has 1 rings (SSSR count). The van der Waals surface area contributed by atoms with Gasteiger partial charge in [0.1, 0.15) is 5.60 Å². The molecule has 1 saturated carbocycles. The number of carbonyl (C=O) groups excluding carboxylic acids is 1. The first-order chi connectivity index (χ1) is 8.62. The minimum Gasteiger partial charge on any atom is -0.443 e. The Morgan fingerprint density at radius 2 is 1.68 bits per heavy atom. The van der Waals surface area contributed by atoms with E-state index >= 15 is 0 Å². The largest absolute Gasteiger partial charge is 0.443 e. The number of ether oxygens (including phenoxy) is 1. The Kier molecular flexibility index (Phi) is 5.25. The zero-order valence-corrected chi connectivity index (χ0v) is 13.2. The van der Waals surface area contributed by atoms with Crippen LogP contribution in [0.4, 0.5) is 4.79 Å². The van der Waals surface area contributed by atoms with E-state index in [1.807, 2.05) is 34.6 Å². The van der Waals surface area contributed by atoms with Crippen molar-refractivity contribution in [2.24, 2.45) is 11.8 Å². The Bertz CT molecular complexity index is 302. The second-order valence-electron chi connectivity index (χ2n) is 7.37. The third-order valence-corrected chi connectivity index (χ3v) is 3.76. The Balaban J connectivity index is 2.56. The lowest BCUT2D eigenvalue weighted by Gasteiger charge is -2.39. The maximum absolute atomic E-state index is 12.0. The standard InChI is InChI=1S/C15H30N2O2/c1-14(2,3)19-13(18)17(16)15(4,5)11-12-9-7-6-8-10-12/h12H,6-11,16H2,1-5H3. The number of hydrazine groups is 1. The maximum Gasteiger partial charge on any atom is 0.425 e. The van der Waals surface area contributed by atoms with Gasteiger partial charge in [0, 0.05) is 0 Å². The lowest BCUT2D eigenvalue weighted by Crippen LogP contribution is -2.54. The highest BCUT2D eigenvalue weighted by atomic mass is 16.6. The third kappa shape index (κ3) is 5.39. The molecule has 0 unspecified atom stereocenters. The highest BCUT2D eigenvalue weighted by Crippen LogP contribution is 2.32. The minimum atomic E-state index is -0.504. The van der Waals surface area contributed by atoms with Crippen LogP contribution in [0.2, 0.25) is 0 Å². The number of nitrogens with zero attached hydrogens (tertiary/aromatic N) is 1. The molecule has 0 atom stereocenters. The fraction of sp³-hybridized carbons (Fsp3) is 0.933. The molecule has 112 valence electrons. The second kappa shape index (κ2) is 6.12. The van der Waals surface area contributed by atoms with Crippen LogP contribution in [0.3, 0.4) is 0 Å². The predicted molar refractivity (Wildman–Crippen MR) is 77.5 cm³/mol. The van der Waals surface area contributed by atoms with Crippen LogP contribution >= 0.6 is 0 Å². The average molecular weight is 270 g/mol. The molecule has 0 aromatic carbocycles. The molecule has 0 bridgehead atoms. The van der Waals surface area contributed by atoms with E-state index in [1.165, 1.54) is 37.1 Å². The first-order valence-corrected chi connectivity index (χ1v) is 7.40. The fourth-order valence-corrected chi connectivity index (χ4v) is 2.75. The lowest BCUT2D eigenvalue weighted by molar-refractivity contribution is -0.00304. The number of amides is 1. The number of carbonyl (C=O) groups is 1. The van der Waals surface area contributed by atoms with Crippen molar-refractivity contribution < 1.29 is 9.53 Å². The van der Waals surface area contributed by atoms with Gasteiger partial charge in [-0.2, -0.15) is 0 Å². The second-order valence-corrected chi connectivity index (χ2v) is 7.37. The maximum atomic E-state index is 12.0. The topological polar surface area (TPSA) is 55.6 Å². The van der Waals surface area contributed by atoms with E-state index in [2.05, 4.69) is 0 Å². The molecule has 0 heterocycles. The summed E-state index contributed by atoms with van der Waals surface area (Å²) in [7, 11) is 0. The molecule has 0 aliphatic heterocycles. The van der Waals surface area contributed by atoms with Crippen molar-refractivity contribution in [1.82, 2.24) is 5.01 Å². The summed E-state index contributed by atoms with van der Waals surface area (Å²) in [6, 6.07) is 0. The van der Waals surface area contributed by atoms with Gasteiger partial charge in [-0.25, -0.2) is 15.6 Å². The summed E-state index contributed by atoms with van der Waals surface area (Å²) >= 11 is 0. The van der Waals surface area contributed by atoms with Gasteiger partial charge in [-0.05, 0) is 47.0 Å². The monoisotopic (exact) mass is 270 g/mol. The van der Waals surface area contributed by atoms with Gasteiger partial charge >= 0.3 is 6.09 Å². The zero-order valence-electron chi connectivity index (χ0n) is 13.2. The van der Waals surface area contributed by atoms with Crippen molar-refractivity contribution >= 4 is 6.09 Å². The van der Waals surface area contributed by atoms with Gasteiger partial charge in [0.25, 0.3) is 0 Å². The lowest BCUT2D eigenvalue weighted by atomic mass is 9.80. The third-order valence-electron chi connectivity index (χ3n) is 3.76. The molecular weight excluding hydrogens is 240 g/mol. The van der Waals surface area contributed by atoms with Gasteiger partial charge in [0.05, 0.1) is 5.54 Å². The zero-order chi connectivity index (χ0) is 14.7. The summed E-state index contributed by atoms with van der Waals surface area (Å²) in [5.41, 5.74) is -0.861. The van der Waals surface area contributed by atoms with E-state index in [0.29, 0.717) is 5.92 Å². The Morgan fingerprint density at radius 1 is 1.16 bits per heavy atom. The summed E-state index contributed by atoms with van der Waals surface area (Å²) in [4.78, 5) is 12.0. The van der Waals surface area contributed by atoms with E-state index in [0.717, 1.165) is 6.42 Å². The SMILES string of the molecule is CC(C)(C)OC(=O)N(N)C(C)(C)CC1CCCCC1. The summed E-state index contributed by atoms with van der Waals surface area (Å²) < 4.78 is 5.34. The summed E-state index contributed by atoms with van der Waals surface area (Å²) in [5.74, 6) is 6.66. The van der Waals surface area contributed by atoms with Crippen LogP contribution in [0.15, 0.2) is 0 Å². The van der Waals surface area contributed by atoms with Gasteiger partial charge in [0.2, 0.25) is 0 Å². The van der Waals surface area contributed by atoms with Crippen molar-refractivity contribution in [2.75, 3.05) is 0 Å². The van der Waals surface area contributed by atoms with Crippen LogP contribution in [-0.4, -0.2) is 22.2 Å². The van der Waals surface area contributed by atoms with Crippen LogP contribution in [0.25, 0.3) is 0 Å². The number of rotatable bonds is 3. The molecule has 1 aliphatic rings. The molecule has 0 aromatic rings. The van der Waals surface area contributed by atoms with Gasteiger partial charge in [-0.15, -0.1) is 0 Å². The average Bonchev–Trinajstić information content (AvgIpc) is 2.26.